The highest BCUT2D eigenvalue weighted by molar-refractivity contribution is 6.09. The maximum atomic E-state index is 6.46. The molecule has 0 spiro atoms. The van der Waals surface area contributed by atoms with Crippen molar-refractivity contribution in [1.82, 2.24) is 0 Å². The van der Waals surface area contributed by atoms with Crippen molar-refractivity contribution < 1.29 is 4.42 Å². The minimum absolute atomic E-state index is 0.481. The third kappa shape index (κ3) is 7.12. The SMILES string of the molecule is Cc1ccc(-c2ccccc2)cc1.c1ccc(C2(c3ccc(-c4cccc5c4oc4ccccc45)cc3)c3ccccc3-c3c(Cc4ccc(-c5cccc6ccccc56)cc4)cccc32)cc1. The molecule has 1 atom stereocenters. The van der Waals surface area contributed by atoms with Crippen LogP contribution in [0.5, 0.6) is 0 Å². The van der Waals surface area contributed by atoms with Gasteiger partial charge >= 0.3 is 0 Å². The second-order valence-corrected chi connectivity index (χ2v) is 18.0. The highest BCUT2D eigenvalue weighted by atomic mass is 16.3. The lowest BCUT2D eigenvalue weighted by Crippen LogP contribution is -2.28. The van der Waals surface area contributed by atoms with Crippen LogP contribution in [0.2, 0.25) is 0 Å². The van der Waals surface area contributed by atoms with Crippen molar-refractivity contribution in [3.05, 3.63) is 300 Å². The number of aryl methyl sites for hydroxylation is 1. The number of rotatable bonds is 7. The van der Waals surface area contributed by atoms with Crippen molar-refractivity contribution >= 4 is 32.7 Å². The summed E-state index contributed by atoms with van der Waals surface area (Å²) >= 11 is 0. The lowest BCUT2D eigenvalue weighted by atomic mass is 9.67. The molecule has 0 radical (unpaired) electrons. The fraction of sp³-hybridized carbons (Fsp3) is 0.0448. The summed E-state index contributed by atoms with van der Waals surface area (Å²) in [4.78, 5) is 0. The maximum absolute atomic E-state index is 6.46. The normalized spacial score (nSPS) is 13.8. The van der Waals surface area contributed by atoms with Crippen molar-refractivity contribution in [3.8, 4) is 44.5 Å². The van der Waals surface area contributed by atoms with Gasteiger partial charge in [0.05, 0.1) is 5.41 Å². The Kier molecular flexibility index (Phi) is 10.5. The molecule has 0 bridgehead atoms. The zero-order chi connectivity index (χ0) is 45.4. The molecule has 1 nitrogen and oxygen atoms in total. The molecule has 0 N–H and O–H groups in total. The Balaban J connectivity index is 0.000000319. The average molecular weight is 869 g/mol. The fourth-order valence-electron chi connectivity index (χ4n) is 10.8. The molecule has 0 amide bonds. The molecule has 1 heteroatoms. The molecule has 0 saturated carbocycles. The molecule has 0 saturated heterocycles. The third-order valence-corrected chi connectivity index (χ3v) is 14.0. The van der Waals surface area contributed by atoms with Crippen LogP contribution in [0.15, 0.2) is 265 Å². The largest absolute Gasteiger partial charge is 0.455 e. The first-order valence-electron chi connectivity index (χ1n) is 23.6. The van der Waals surface area contributed by atoms with Gasteiger partial charge in [-0.3, -0.25) is 0 Å². The van der Waals surface area contributed by atoms with E-state index in [-0.39, 0.29) is 0 Å². The molecular formula is C67H48O. The summed E-state index contributed by atoms with van der Waals surface area (Å²) in [5, 5.41) is 4.84. The van der Waals surface area contributed by atoms with Gasteiger partial charge in [0.15, 0.2) is 0 Å². The Morgan fingerprint density at radius 1 is 0.353 bits per heavy atom. The van der Waals surface area contributed by atoms with E-state index < -0.39 is 5.41 Å². The first-order chi connectivity index (χ1) is 33.6. The van der Waals surface area contributed by atoms with Gasteiger partial charge in [-0.05, 0) is 103 Å². The van der Waals surface area contributed by atoms with Gasteiger partial charge in [-0.1, -0.05) is 260 Å². The molecule has 322 valence electrons. The standard InChI is InChI=1S/C54H36O.C13H12/c1-2-16-41(17-3-1)54(42-33-31-39(32-34-42)45-22-12-23-47-46-19-7-9-26-51(46)55-53(45)47)49-24-8-6-20-48(49)52-40(15-11-25-50(52)54)35-36-27-29-38(30-28-36)44-21-10-14-37-13-4-5-18-43(37)44;1-11-7-9-13(10-8-11)12-5-3-2-4-6-12/h1-34H,35H2;2-10H,1H3. The van der Waals surface area contributed by atoms with Gasteiger partial charge in [-0.15, -0.1) is 0 Å². The number of benzene rings is 11. The molecule has 0 aliphatic heterocycles. The Hall–Kier alpha value is -8.52. The lowest BCUT2D eigenvalue weighted by molar-refractivity contribution is 0.670. The first-order valence-corrected chi connectivity index (χ1v) is 23.6. The smallest absolute Gasteiger partial charge is 0.143 e. The summed E-state index contributed by atoms with van der Waals surface area (Å²) in [5.41, 5.74) is 20.5. The van der Waals surface area contributed by atoms with Crippen LogP contribution < -0.4 is 0 Å². The van der Waals surface area contributed by atoms with Crippen molar-refractivity contribution in [1.29, 1.82) is 0 Å². The van der Waals surface area contributed by atoms with Crippen molar-refractivity contribution in [2.45, 2.75) is 18.8 Å². The molecule has 0 fully saturated rings. The lowest BCUT2D eigenvalue weighted by Gasteiger charge is -2.34. The van der Waals surface area contributed by atoms with Crippen LogP contribution in [0.3, 0.4) is 0 Å². The van der Waals surface area contributed by atoms with E-state index in [1.54, 1.807) is 0 Å². The van der Waals surface area contributed by atoms with Crippen LogP contribution in [-0.2, 0) is 11.8 Å². The predicted molar refractivity (Wildman–Crippen MR) is 285 cm³/mol. The second kappa shape index (κ2) is 17.4. The van der Waals surface area contributed by atoms with E-state index >= 15 is 0 Å². The highest BCUT2D eigenvalue weighted by Crippen LogP contribution is 2.57. The molecular weight excluding hydrogens is 821 g/mol. The van der Waals surface area contributed by atoms with Crippen LogP contribution >= 0.6 is 0 Å². The van der Waals surface area contributed by atoms with E-state index in [0.29, 0.717) is 0 Å². The van der Waals surface area contributed by atoms with Gasteiger partial charge in [0.1, 0.15) is 11.2 Å². The number of hydrogen-bond donors (Lipinski definition) is 0. The highest BCUT2D eigenvalue weighted by Gasteiger charge is 2.46. The zero-order valence-corrected chi connectivity index (χ0v) is 37.9. The molecule has 12 aromatic rings. The number of fused-ring (bicyclic) bond motifs is 7. The summed E-state index contributed by atoms with van der Waals surface area (Å²) in [7, 11) is 0. The molecule has 1 unspecified atom stereocenters. The van der Waals surface area contributed by atoms with E-state index in [0.717, 1.165) is 39.5 Å². The van der Waals surface area contributed by atoms with Gasteiger partial charge in [0, 0.05) is 16.3 Å². The van der Waals surface area contributed by atoms with E-state index in [9.17, 15) is 0 Å². The fourth-order valence-corrected chi connectivity index (χ4v) is 10.8. The Bertz CT molecular complexity index is 3730. The Morgan fingerprint density at radius 3 is 1.69 bits per heavy atom. The molecule has 1 aliphatic rings. The molecule has 68 heavy (non-hydrogen) atoms. The third-order valence-electron chi connectivity index (χ3n) is 14.0. The van der Waals surface area contributed by atoms with Gasteiger partial charge in [0.25, 0.3) is 0 Å². The molecule has 1 aromatic heterocycles. The maximum Gasteiger partial charge on any atom is 0.143 e. The van der Waals surface area contributed by atoms with Crippen molar-refractivity contribution in [3.63, 3.8) is 0 Å². The predicted octanol–water partition coefficient (Wildman–Crippen LogP) is 17.7. The number of para-hydroxylation sites is 2. The van der Waals surface area contributed by atoms with E-state index in [2.05, 4.69) is 256 Å². The van der Waals surface area contributed by atoms with Crippen LogP contribution in [0, 0.1) is 6.92 Å². The summed E-state index contributed by atoms with van der Waals surface area (Å²) in [6.07, 6.45) is 0.846. The van der Waals surface area contributed by atoms with E-state index in [1.165, 1.54) is 83.1 Å². The summed E-state index contributed by atoms with van der Waals surface area (Å²) in [6, 6.07) is 94.5. The van der Waals surface area contributed by atoms with Crippen LogP contribution in [0.25, 0.3) is 77.2 Å². The Labute approximate surface area is 398 Å². The van der Waals surface area contributed by atoms with Crippen molar-refractivity contribution in [2.75, 3.05) is 0 Å². The summed E-state index contributed by atoms with van der Waals surface area (Å²) < 4.78 is 6.46. The minimum Gasteiger partial charge on any atom is -0.455 e. The minimum atomic E-state index is -0.481. The van der Waals surface area contributed by atoms with Gasteiger partial charge in [-0.25, -0.2) is 0 Å². The summed E-state index contributed by atoms with van der Waals surface area (Å²) in [6.45, 7) is 2.11. The first kappa shape index (κ1) is 40.9. The topological polar surface area (TPSA) is 13.1 Å². The number of hydrogen-bond acceptors (Lipinski definition) is 1. The quantitative estimate of drug-likeness (QED) is 0.156. The Morgan fingerprint density at radius 2 is 0.882 bits per heavy atom. The zero-order valence-electron chi connectivity index (χ0n) is 37.9. The molecule has 1 aliphatic carbocycles. The van der Waals surface area contributed by atoms with Crippen molar-refractivity contribution in [2.24, 2.45) is 0 Å². The van der Waals surface area contributed by atoms with Gasteiger partial charge in [0.2, 0.25) is 0 Å². The second-order valence-electron chi connectivity index (χ2n) is 18.0. The van der Waals surface area contributed by atoms with E-state index in [4.69, 9.17) is 4.42 Å². The average Bonchev–Trinajstić information content (AvgIpc) is 3.95. The summed E-state index contributed by atoms with van der Waals surface area (Å²) in [5.74, 6) is 0. The van der Waals surface area contributed by atoms with Crippen LogP contribution in [0.4, 0.5) is 0 Å². The monoisotopic (exact) mass is 868 g/mol. The number of furan rings is 1. The van der Waals surface area contributed by atoms with E-state index in [1.807, 2.05) is 12.1 Å². The van der Waals surface area contributed by atoms with Crippen LogP contribution in [-0.4, -0.2) is 0 Å². The van der Waals surface area contributed by atoms with Crippen LogP contribution in [0.1, 0.15) is 38.9 Å². The molecule has 11 aromatic carbocycles. The van der Waals surface area contributed by atoms with Gasteiger partial charge < -0.3 is 4.42 Å². The molecule has 1 heterocycles. The van der Waals surface area contributed by atoms with Gasteiger partial charge in [-0.2, -0.15) is 0 Å². The molecule has 13 rings (SSSR count).